The van der Waals surface area contributed by atoms with E-state index >= 15 is 0 Å². The Balaban J connectivity index is 2.08. The van der Waals surface area contributed by atoms with Crippen LogP contribution in [-0.4, -0.2) is 16.3 Å². The van der Waals surface area contributed by atoms with Gasteiger partial charge in [0.2, 0.25) is 0 Å². The zero-order valence-corrected chi connectivity index (χ0v) is 8.54. The lowest BCUT2D eigenvalue weighted by molar-refractivity contribution is 0.111. The first-order valence-corrected chi connectivity index (χ1v) is 4.81. The number of nitrogens with zero attached hydrogens (tertiary/aromatic N) is 2. The number of ether oxygens (including phenoxy) is 1. The number of carbonyl (C=O) groups excluding carboxylic acids is 1. The predicted molar refractivity (Wildman–Crippen MR) is 58.2 cm³/mol. The van der Waals surface area contributed by atoms with E-state index in [-0.39, 0.29) is 0 Å². The minimum atomic E-state index is 0.375. The number of carbonyl (C=O) groups is 1. The van der Waals surface area contributed by atoms with Crippen LogP contribution >= 0.6 is 0 Å². The molecule has 0 saturated carbocycles. The summed E-state index contributed by atoms with van der Waals surface area (Å²) in [6.45, 7) is 0.375. The van der Waals surface area contributed by atoms with Crippen molar-refractivity contribution in [2.24, 2.45) is 0 Å². The van der Waals surface area contributed by atoms with Gasteiger partial charge < -0.3 is 4.74 Å². The van der Waals surface area contributed by atoms with Crippen molar-refractivity contribution in [2.45, 2.75) is 6.61 Å². The van der Waals surface area contributed by atoms with Gasteiger partial charge in [-0.15, -0.1) is 0 Å². The molecule has 0 fully saturated rings. The molecule has 0 aliphatic heterocycles. The molecule has 0 N–H and O–H groups in total. The summed E-state index contributed by atoms with van der Waals surface area (Å²) in [4.78, 5) is 18.6. The van der Waals surface area contributed by atoms with Crippen LogP contribution in [0.15, 0.2) is 43.0 Å². The second-order valence-corrected chi connectivity index (χ2v) is 3.18. The summed E-state index contributed by atoms with van der Waals surface area (Å²) in [5.74, 6) is 0.487. The van der Waals surface area contributed by atoms with Crippen molar-refractivity contribution in [1.29, 1.82) is 0 Å². The maximum Gasteiger partial charge on any atom is 0.153 e. The summed E-state index contributed by atoms with van der Waals surface area (Å²) in [5, 5.41) is 0. The molecule has 0 bridgehead atoms. The lowest BCUT2D eigenvalue weighted by atomic mass is 10.2. The van der Waals surface area contributed by atoms with Crippen LogP contribution < -0.4 is 4.74 Å². The smallest absolute Gasteiger partial charge is 0.153 e. The fourth-order valence-electron chi connectivity index (χ4n) is 1.25. The lowest BCUT2D eigenvalue weighted by Gasteiger charge is -2.06. The highest BCUT2D eigenvalue weighted by molar-refractivity contribution is 5.78. The standard InChI is InChI=1S/C12H10N2O2/c15-8-11-3-5-14-7-12(11)16-9-10-2-1-4-13-6-10/h1-8H,9H2. The Morgan fingerprint density at radius 2 is 2.06 bits per heavy atom. The van der Waals surface area contributed by atoms with Crippen molar-refractivity contribution in [3.8, 4) is 5.75 Å². The molecule has 2 aromatic heterocycles. The second-order valence-electron chi connectivity index (χ2n) is 3.18. The van der Waals surface area contributed by atoms with E-state index in [9.17, 15) is 4.79 Å². The van der Waals surface area contributed by atoms with Crippen LogP contribution in [0.1, 0.15) is 15.9 Å². The molecule has 0 saturated heterocycles. The largest absolute Gasteiger partial charge is 0.486 e. The quantitative estimate of drug-likeness (QED) is 0.729. The van der Waals surface area contributed by atoms with Crippen molar-refractivity contribution in [1.82, 2.24) is 9.97 Å². The second kappa shape index (κ2) is 5.02. The predicted octanol–water partition coefficient (Wildman–Crippen LogP) is 1.87. The third-order valence-electron chi connectivity index (χ3n) is 2.06. The highest BCUT2D eigenvalue weighted by atomic mass is 16.5. The summed E-state index contributed by atoms with van der Waals surface area (Å²) in [5.41, 5.74) is 1.45. The summed E-state index contributed by atoms with van der Waals surface area (Å²) < 4.78 is 5.48. The molecule has 0 atom stereocenters. The number of hydrogen-bond acceptors (Lipinski definition) is 4. The van der Waals surface area contributed by atoms with Gasteiger partial charge in [-0.05, 0) is 12.1 Å². The van der Waals surface area contributed by atoms with Crippen molar-refractivity contribution in [3.05, 3.63) is 54.1 Å². The molecule has 0 radical (unpaired) electrons. The molecule has 4 nitrogen and oxygen atoms in total. The van der Waals surface area contributed by atoms with E-state index in [0.717, 1.165) is 11.8 Å². The molecule has 2 heterocycles. The van der Waals surface area contributed by atoms with Gasteiger partial charge in [-0.25, -0.2) is 0 Å². The number of pyridine rings is 2. The van der Waals surface area contributed by atoms with Gasteiger partial charge in [-0.2, -0.15) is 0 Å². The number of hydrogen-bond donors (Lipinski definition) is 0. The maximum absolute atomic E-state index is 10.7. The van der Waals surface area contributed by atoms with Gasteiger partial charge in [0.05, 0.1) is 11.8 Å². The highest BCUT2D eigenvalue weighted by Gasteiger charge is 2.02. The Kier molecular flexibility index (Phi) is 3.23. The van der Waals surface area contributed by atoms with E-state index in [1.54, 1.807) is 24.7 Å². The highest BCUT2D eigenvalue weighted by Crippen LogP contribution is 2.15. The van der Waals surface area contributed by atoms with Gasteiger partial charge in [0, 0.05) is 24.2 Å². The fourth-order valence-corrected chi connectivity index (χ4v) is 1.25. The lowest BCUT2D eigenvalue weighted by Crippen LogP contribution is -1.98. The molecule has 2 rings (SSSR count). The molecule has 0 aliphatic carbocycles. The Bertz CT molecular complexity index is 471. The molecule has 80 valence electrons. The summed E-state index contributed by atoms with van der Waals surface area (Å²) in [6, 6.07) is 5.36. The van der Waals surface area contributed by atoms with Crippen LogP contribution in [0.25, 0.3) is 0 Å². The molecular formula is C12H10N2O2. The average Bonchev–Trinajstić information content (AvgIpc) is 2.38. The number of rotatable bonds is 4. The van der Waals surface area contributed by atoms with E-state index in [4.69, 9.17) is 4.74 Å². The third-order valence-corrected chi connectivity index (χ3v) is 2.06. The Morgan fingerprint density at radius 3 is 2.81 bits per heavy atom. The van der Waals surface area contributed by atoms with Gasteiger partial charge in [0.15, 0.2) is 6.29 Å². The van der Waals surface area contributed by atoms with E-state index in [0.29, 0.717) is 17.9 Å². The average molecular weight is 214 g/mol. The van der Waals surface area contributed by atoms with Crippen LogP contribution in [0, 0.1) is 0 Å². The minimum Gasteiger partial charge on any atom is -0.486 e. The zero-order chi connectivity index (χ0) is 11.2. The monoisotopic (exact) mass is 214 g/mol. The van der Waals surface area contributed by atoms with E-state index in [1.807, 2.05) is 12.1 Å². The molecule has 16 heavy (non-hydrogen) atoms. The molecule has 2 aromatic rings. The van der Waals surface area contributed by atoms with Gasteiger partial charge >= 0.3 is 0 Å². The molecule has 0 spiro atoms. The Hall–Kier alpha value is -2.23. The van der Waals surface area contributed by atoms with Crippen LogP contribution in [-0.2, 0) is 6.61 Å². The minimum absolute atomic E-state index is 0.375. The number of aromatic nitrogens is 2. The molecule has 0 aromatic carbocycles. The van der Waals surface area contributed by atoms with E-state index < -0.39 is 0 Å². The topological polar surface area (TPSA) is 52.1 Å². The maximum atomic E-state index is 10.7. The summed E-state index contributed by atoms with van der Waals surface area (Å²) in [7, 11) is 0. The Morgan fingerprint density at radius 1 is 1.19 bits per heavy atom. The summed E-state index contributed by atoms with van der Waals surface area (Å²) in [6.07, 6.45) is 7.25. The normalized spacial score (nSPS) is 9.75. The first kappa shape index (κ1) is 10.3. The van der Waals surface area contributed by atoms with Gasteiger partial charge in [-0.3, -0.25) is 14.8 Å². The van der Waals surface area contributed by atoms with Crippen LogP contribution in [0.2, 0.25) is 0 Å². The molecule has 0 aliphatic rings. The zero-order valence-electron chi connectivity index (χ0n) is 8.54. The first-order chi connectivity index (χ1) is 7.90. The Labute approximate surface area is 92.9 Å². The summed E-state index contributed by atoms with van der Waals surface area (Å²) >= 11 is 0. The van der Waals surface area contributed by atoms with Gasteiger partial charge in [-0.1, -0.05) is 6.07 Å². The van der Waals surface area contributed by atoms with Crippen molar-refractivity contribution in [3.63, 3.8) is 0 Å². The van der Waals surface area contributed by atoms with E-state index in [1.165, 1.54) is 6.20 Å². The van der Waals surface area contributed by atoms with Crippen LogP contribution in [0.3, 0.4) is 0 Å². The van der Waals surface area contributed by atoms with E-state index in [2.05, 4.69) is 9.97 Å². The van der Waals surface area contributed by atoms with Crippen LogP contribution in [0.4, 0.5) is 0 Å². The van der Waals surface area contributed by atoms with Gasteiger partial charge in [0.1, 0.15) is 12.4 Å². The number of aldehydes is 1. The fraction of sp³-hybridized carbons (Fsp3) is 0.0833. The molecule has 4 heteroatoms. The molecular weight excluding hydrogens is 204 g/mol. The van der Waals surface area contributed by atoms with Gasteiger partial charge in [0.25, 0.3) is 0 Å². The van der Waals surface area contributed by atoms with Crippen molar-refractivity contribution < 1.29 is 9.53 Å². The van der Waals surface area contributed by atoms with Crippen molar-refractivity contribution in [2.75, 3.05) is 0 Å². The SMILES string of the molecule is O=Cc1ccncc1OCc1cccnc1. The van der Waals surface area contributed by atoms with Crippen molar-refractivity contribution >= 4 is 6.29 Å². The third kappa shape index (κ3) is 2.42. The molecule has 0 amide bonds. The van der Waals surface area contributed by atoms with Crippen LogP contribution in [0.5, 0.6) is 5.75 Å². The first-order valence-electron chi connectivity index (χ1n) is 4.81. The molecule has 0 unspecified atom stereocenters.